The summed E-state index contributed by atoms with van der Waals surface area (Å²) in [6.07, 6.45) is -5.24. The topological polar surface area (TPSA) is 121 Å². The van der Waals surface area contributed by atoms with Crippen LogP contribution < -0.4 is 5.73 Å². The lowest BCUT2D eigenvalue weighted by atomic mass is 9.84. The number of hydrogen-bond donors (Lipinski definition) is 3. The Bertz CT molecular complexity index is 463. The molecule has 1 aliphatic heterocycles. The molecule has 4 N–H and O–H groups in total. The van der Waals surface area contributed by atoms with Gasteiger partial charge in [0.25, 0.3) is 5.91 Å². The molecule has 10 heteroatoms. The van der Waals surface area contributed by atoms with Gasteiger partial charge in [-0.3, -0.25) is 14.4 Å². The average Bonchev–Trinajstić information content (AvgIpc) is 2.35. The number of aliphatic carboxylic acids is 2. The molecular formula is C11H15F3N2O5. The molecule has 3 unspecified atom stereocenters. The molecule has 0 spiro atoms. The minimum absolute atomic E-state index is 0.244. The molecule has 7 nitrogen and oxygen atoms in total. The van der Waals surface area contributed by atoms with Gasteiger partial charge < -0.3 is 20.8 Å². The fourth-order valence-corrected chi connectivity index (χ4v) is 2.13. The Hall–Kier alpha value is -1.84. The number of carbonyl (C=O) groups excluding carboxylic acids is 1. The maximum Gasteiger partial charge on any atom is 0.415 e. The van der Waals surface area contributed by atoms with Crippen LogP contribution in [-0.2, 0) is 14.4 Å². The summed E-state index contributed by atoms with van der Waals surface area (Å²) in [5.41, 5.74) is 1.86. The van der Waals surface area contributed by atoms with Crippen molar-refractivity contribution in [3.8, 4) is 0 Å². The van der Waals surface area contributed by atoms with Gasteiger partial charge in [0.1, 0.15) is 0 Å². The molecule has 1 aliphatic rings. The summed E-state index contributed by atoms with van der Waals surface area (Å²) in [4.78, 5) is 34.5. The van der Waals surface area contributed by atoms with Crippen molar-refractivity contribution in [2.24, 2.45) is 17.6 Å². The van der Waals surface area contributed by atoms with E-state index in [-0.39, 0.29) is 13.0 Å². The van der Waals surface area contributed by atoms with Crippen LogP contribution >= 0.6 is 0 Å². The molecule has 1 rings (SSSR count). The Kier molecular flexibility index (Phi) is 4.51. The summed E-state index contributed by atoms with van der Waals surface area (Å²) in [5.74, 6) is -7.03. The predicted octanol–water partition coefficient (Wildman–Crippen LogP) is -0.1000. The zero-order valence-corrected chi connectivity index (χ0v) is 11.1. The lowest BCUT2D eigenvalue weighted by molar-refractivity contribution is -0.195. The highest BCUT2D eigenvalue weighted by atomic mass is 19.4. The van der Waals surface area contributed by atoms with Crippen LogP contribution in [0.15, 0.2) is 0 Å². The van der Waals surface area contributed by atoms with Crippen LogP contribution in [0.4, 0.5) is 13.2 Å². The highest BCUT2D eigenvalue weighted by Gasteiger charge is 2.56. The predicted molar refractivity (Wildman–Crippen MR) is 62.1 cm³/mol. The number of nitrogens with two attached hydrogens (primary N) is 1. The zero-order valence-electron chi connectivity index (χ0n) is 11.1. The van der Waals surface area contributed by atoms with Crippen LogP contribution in [0, 0.1) is 11.8 Å². The SMILES string of the molecule is CC(N)(C(=O)N1CCC(C(=O)O)C(C(=O)O)C1)C(F)(F)F. The molecule has 1 amide bonds. The summed E-state index contributed by atoms with van der Waals surface area (Å²) >= 11 is 0. The van der Waals surface area contributed by atoms with Crippen LogP contribution in [0.5, 0.6) is 0 Å². The number of carbonyl (C=O) groups is 3. The molecule has 1 heterocycles. The van der Waals surface area contributed by atoms with Crippen molar-refractivity contribution < 1.29 is 37.8 Å². The number of halogens is 3. The minimum Gasteiger partial charge on any atom is -0.481 e. The van der Waals surface area contributed by atoms with Crippen LogP contribution in [0.25, 0.3) is 0 Å². The molecule has 120 valence electrons. The fraction of sp³-hybridized carbons (Fsp3) is 0.727. The molecular weight excluding hydrogens is 297 g/mol. The maximum absolute atomic E-state index is 12.7. The largest absolute Gasteiger partial charge is 0.481 e. The Morgan fingerprint density at radius 3 is 2.00 bits per heavy atom. The van der Waals surface area contributed by atoms with E-state index in [1.807, 2.05) is 0 Å². The number of amides is 1. The summed E-state index contributed by atoms with van der Waals surface area (Å²) in [7, 11) is 0. The molecule has 0 bridgehead atoms. The highest BCUT2D eigenvalue weighted by Crippen LogP contribution is 2.32. The number of alkyl halides is 3. The number of carboxylic acid groups (broad SMARTS) is 2. The lowest BCUT2D eigenvalue weighted by Gasteiger charge is -2.39. The molecule has 0 aliphatic carbocycles. The van der Waals surface area contributed by atoms with Gasteiger partial charge in [0.2, 0.25) is 0 Å². The van der Waals surface area contributed by atoms with Gasteiger partial charge in [0.05, 0.1) is 11.8 Å². The van der Waals surface area contributed by atoms with E-state index in [4.69, 9.17) is 15.9 Å². The number of likely N-dealkylation sites (tertiary alicyclic amines) is 1. The van der Waals surface area contributed by atoms with Crippen LogP contribution in [0.1, 0.15) is 13.3 Å². The van der Waals surface area contributed by atoms with Gasteiger partial charge >= 0.3 is 18.1 Å². The third-order valence-corrected chi connectivity index (χ3v) is 3.57. The second-order valence-corrected chi connectivity index (χ2v) is 5.13. The molecule has 0 aromatic heterocycles. The van der Waals surface area contributed by atoms with E-state index >= 15 is 0 Å². The second-order valence-electron chi connectivity index (χ2n) is 5.13. The fourth-order valence-electron chi connectivity index (χ4n) is 2.13. The average molecular weight is 312 g/mol. The van der Waals surface area contributed by atoms with Crippen LogP contribution in [0.3, 0.4) is 0 Å². The van der Waals surface area contributed by atoms with Gasteiger partial charge in [-0.15, -0.1) is 0 Å². The monoisotopic (exact) mass is 312 g/mol. The second kappa shape index (κ2) is 5.51. The summed E-state index contributed by atoms with van der Waals surface area (Å²) < 4.78 is 38.1. The smallest absolute Gasteiger partial charge is 0.415 e. The molecule has 0 saturated carbocycles. The van der Waals surface area contributed by atoms with Crippen molar-refractivity contribution in [3.63, 3.8) is 0 Å². The van der Waals surface area contributed by atoms with E-state index in [0.717, 1.165) is 0 Å². The van der Waals surface area contributed by atoms with Gasteiger partial charge in [-0.05, 0) is 13.3 Å². The number of carboxylic acids is 2. The van der Waals surface area contributed by atoms with E-state index in [1.54, 1.807) is 0 Å². The Morgan fingerprint density at radius 2 is 1.62 bits per heavy atom. The molecule has 3 atom stereocenters. The Balaban J connectivity index is 2.96. The maximum atomic E-state index is 12.7. The summed E-state index contributed by atoms with van der Waals surface area (Å²) in [6, 6.07) is 0. The number of rotatable bonds is 3. The Labute approximate surface area is 117 Å². The third-order valence-electron chi connectivity index (χ3n) is 3.57. The van der Waals surface area contributed by atoms with Gasteiger partial charge in [-0.25, -0.2) is 0 Å². The molecule has 1 fully saturated rings. The first-order valence-corrected chi connectivity index (χ1v) is 6.00. The summed E-state index contributed by atoms with van der Waals surface area (Å²) in [6.45, 7) is -0.412. The Morgan fingerprint density at radius 1 is 1.14 bits per heavy atom. The normalized spacial score (nSPS) is 26.0. The number of piperidine rings is 1. The van der Waals surface area contributed by atoms with Crippen molar-refractivity contribution in [3.05, 3.63) is 0 Å². The first kappa shape index (κ1) is 17.2. The highest BCUT2D eigenvalue weighted by molar-refractivity contribution is 5.88. The molecule has 21 heavy (non-hydrogen) atoms. The lowest BCUT2D eigenvalue weighted by Crippen LogP contribution is -2.64. The number of hydrogen-bond acceptors (Lipinski definition) is 4. The van der Waals surface area contributed by atoms with Crippen LogP contribution in [0.2, 0.25) is 0 Å². The van der Waals surface area contributed by atoms with Crippen molar-refractivity contribution >= 4 is 17.8 Å². The molecule has 0 radical (unpaired) electrons. The van der Waals surface area contributed by atoms with Gasteiger partial charge in [-0.2, -0.15) is 13.2 Å². The standard InChI is InChI=1S/C11H15F3N2O5/c1-10(15,11(12,13)14)9(21)16-3-2-5(7(17)18)6(4-16)8(19)20/h5-6H,2-4,15H2,1H3,(H,17,18)(H,19,20). The van der Waals surface area contributed by atoms with Gasteiger partial charge in [0, 0.05) is 13.1 Å². The molecule has 1 saturated heterocycles. The first-order valence-electron chi connectivity index (χ1n) is 6.00. The van der Waals surface area contributed by atoms with Crippen LogP contribution in [-0.4, -0.2) is 57.8 Å². The van der Waals surface area contributed by atoms with Gasteiger partial charge in [0.15, 0.2) is 5.54 Å². The van der Waals surface area contributed by atoms with Crippen molar-refractivity contribution in [2.45, 2.75) is 25.1 Å². The first-order chi connectivity index (χ1) is 9.39. The van der Waals surface area contributed by atoms with E-state index in [2.05, 4.69) is 0 Å². The van der Waals surface area contributed by atoms with Gasteiger partial charge in [-0.1, -0.05) is 0 Å². The molecule has 0 aromatic carbocycles. The van der Waals surface area contributed by atoms with E-state index in [1.165, 1.54) is 0 Å². The van der Waals surface area contributed by atoms with Crippen molar-refractivity contribution in [2.75, 3.05) is 13.1 Å². The van der Waals surface area contributed by atoms with E-state index in [9.17, 15) is 27.6 Å². The minimum atomic E-state index is -4.99. The number of nitrogens with zero attached hydrogens (tertiary/aromatic N) is 1. The van der Waals surface area contributed by atoms with E-state index < -0.39 is 47.9 Å². The third kappa shape index (κ3) is 3.26. The quantitative estimate of drug-likeness (QED) is 0.669. The zero-order chi connectivity index (χ0) is 16.6. The summed E-state index contributed by atoms with van der Waals surface area (Å²) in [5, 5.41) is 17.9. The van der Waals surface area contributed by atoms with Crippen molar-refractivity contribution in [1.82, 2.24) is 4.90 Å². The molecule has 0 aromatic rings. The van der Waals surface area contributed by atoms with Crippen molar-refractivity contribution in [1.29, 1.82) is 0 Å². The van der Waals surface area contributed by atoms with E-state index in [0.29, 0.717) is 11.8 Å².